The lowest BCUT2D eigenvalue weighted by Crippen LogP contribution is -2.41. The van der Waals surface area contributed by atoms with Gasteiger partial charge in [0.1, 0.15) is 11.5 Å². The fourth-order valence-electron chi connectivity index (χ4n) is 2.54. The topological polar surface area (TPSA) is 55.7 Å². The van der Waals surface area contributed by atoms with E-state index in [-0.39, 0.29) is 11.5 Å². The van der Waals surface area contributed by atoms with Gasteiger partial charge >= 0.3 is 0 Å². The van der Waals surface area contributed by atoms with E-state index >= 15 is 0 Å². The van der Waals surface area contributed by atoms with Gasteiger partial charge in [-0.15, -0.1) is 0 Å². The van der Waals surface area contributed by atoms with Crippen molar-refractivity contribution in [2.45, 2.75) is 26.3 Å². The van der Waals surface area contributed by atoms with Gasteiger partial charge in [0.05, 0.1) is 0 Å². The smallest absolute Gasteiger partial charge is 0.123 e. The molecular weight excluding hydrogens is 240 g/mol. The zero-order chi connectivity index (χ0) is 13.9. The van der Waals surface area contributed by atoms with Crippen molar-refractivity contribution in [2.75, 3.05) is 26.7 Å². The first-order valence-corrected chi connectivity index (χ1v) is 6.89. The van der Waals surface area contributed by atoms with Crippen LogP contribution in [0.15, 0.2) is 18.2 Å². The van der Waals surface area contributed by atoms with E-state index in [0.29, 0.717) is 12.0 Å². The Balaban J connectivity index is 1.83. The summed E-state index contributed by atoms with van der Waals surface area (Å²) in [4.78, 5) is 2.37. The maximum Gasteiger partial charge on any atom is 0.123 e. The summed E-state index contributed by atoms with van der Waals surface area (Å²) in [6, 6.07) is 4.75. The van der Waals surface area contributed by atoms with Crippen molar-refractivity contribution in [1.82, 2.24) is 10.2 Å². The van der Waals surface area contributed by atoms with Crippen LogP contribution in [-0.4, -0.2) is 41.8 Å². The lowest BCUT2D eigenvalue weighted by molar-refractivity contribution is 0.136. The number of hydrogen-bond acceptors (Lipinski definition) is 4. The minimum atomic E-state index is 0.100. The van der Waals surface area contributed by atoms with E-state index in [4.69, 9.17) is 0 Å². The molecule has 1 aromatic carbocycles. The second kappa shape index (κ2) is 5.80. The maximum atomic E-state index is 9.72. The number of benzene rings is 1. The summed E-state index contributed by atoms with van der Waals surface area (Å²) in [5.41, 5.74) is 1.17. The molecule has 0 aromatic heterocycles. The molecule has 0 atom stereocenters. The number of likely N-dealkylation sites (tertiary alicyclic amines) is 1. The van der Waals surface area contributed by atoms with Crippen LogP contribution < -0.4 is 5.32 Å². The lowest BCUT2D eigenvalue weighted by atomic mass is 9.80. The van der Waals surface area contributed by atoms with Gasteiger partial charge in [0.15, 0.2) is 0 Å². The highest BCUT2D eigenvalue weighted by molar-refractivity contribution is 5.38. The van der Waals surface area contributed by atoms with Crippen LogP contribution in [0.4, 0.5) is 0 Å². The van der Waals surface area contributed by atoms with E-state index in [1.807, 2.05) is 0 Å². The summed E-state index contributed by atoms with van der Waals surface area (Å²) in [7, 11) is 2.17. The minimum Gasteiger partial charge on any atom is -0.508 e. The standard InChI is InChI=1S/C15H24N2O2/c1-15(5-7-17(2)8-6-15)11-16-10-12-3-4-13(18)9-14(12)19/h3-4,9,16,18-19H,5-8,10-11H2,1-2H3. The van der Waals surface area contributed by atoms with Gasteiger partial charge in [0, 0.05) is 24.7 Å². The van der Waals surface area contributed by atoms with Crippen molar-refractivity contribution in [1.29, 1.82) is 0 Å². The average Bonchev–Trinajstić information content (AvgIpc) is 2.36. The molecule has 2 rings (SSSR count). The van der Waals surface area contributed by atoms with Crippen LogP contribution in [0.5, 0.6) is 11.5 Å². The van der Waals surface area contributed by atoms with Crippen molar-refractivity contribution in [3.63, 3.8) is 0 Å². The van der Waals surface area contributed by atoms with Gasteiger partial charge < -0.3 is 20.4 Å². The molecule has 0 unspecified atom stereocenters. The molecule has 1 aliphatic heterocycles. The predicted molar refractivity (Wildman–Crippen MR) is 76.3 cm³/mol. The van der Waals surface area contributed by atoms with Gasteiger partial charge in [0.25, 0.3) is 0 Å². The normalized spacial score (nSPS) is 19.5. The first-order valence-electron chi connectivity index (χ1n) is 6.89. The molecule has 0 spiro atoms. The third-order valence-electron chi connectivity index (χ3n) is 4.13. The van der Waals surface area contributed by atoms with Gasteiger partial charge in [-0.05, 0) is 44.5 Å². The number of hydrogen-bond donors (Lipinski definition) is 3. The van der Waals surface area contributed by atoms with Crippen LogP contribution in [-0.2, 0) is 6.54 Å². The van der Waals surface area contributed by atoms with Crippen LogP contribution in [0.25, 0.3) is 0 Å². The molecule has 0 bridgehead atoms. The van der Waals surface area contributed by atoms with Crippen LogP contribution in [0.1, 0.15) is 25.3 Å². The van der Waals surface area contributed by atoms with E-state index in [1.54, 1.807) is 12.1 Å². The first-order chi connectivity index (χ1) is 8.98. The van der Waals surface area contributed by atoms with E-state index in [9.17, 15) is 10.2 Å². The number of piperidine rings is 1. The summed E-state index contributed by atoms with van der Waals surface area (Å²) in [6.07, 6.45) is 2.41. The van der Waals surface area contributed by atoms with Crippen molar-refractivity contribution < 1.29 is 10.2 Å². The molecule has 1 aromatic rings. The van der Waals surface area contributed by atoms with Gasteiger partial charge in [-0.25, -0.2) is 0 Å². The van der Waals surface area contributed by atoms with Gasteiger partial charge in [-0.3, -0.25) is 0 Å². The molecule has 4 heteroatoms. The van der Waals surface area contributed by atoms with Crippen LogP contribution in [0.2, 0.25) is 0 Å². The molecule has 1 heterocycles. The Morgan fingerprint density at radius 3 is 2.58 bits per heavy atom. The molecule has 0 saturated carbocycles. The third kappa shape index (κ3) is 3.85. The van der Waals surface area contributed by atoms with E-state index in [1.165, 1.54) is 18.9 Å². The van der Waals surface area contributed by atoms with Gasteiger partial charge in [0.2, 0.25) is 0 Å². The highest BCUT2D eigenvalue weighted by atomic mass is 16.3. The molecule has 0 aliphatic carbocycles. The summed E-state index contributed by atoms with van der Waals surface area (Å²) < 4.78 is 0. The van der Waals surface area contributed by atoms with E-state index in [2.05, 4.69) is 24.2 Å². The lowest BCUT2D eigenvalue weighted by Gasteiger charge is -2.38. The molecule has 3 N–H and O–H groups in total. The molecule has 1 fully saturated rings. The molecule has 0 radical (unpaired) electrons. The average molecular weight is 264 g/mol. The van der Waals surface area contributed by atoms with Crippen molar-refractivity contribution in [3.05, 3.63) is 23.8 Å². The SMILES string of the molecule is CN1CCC(C)(CNCc2ccc(O)cc2O)CC1. The number of nitrogens with zero attached hydrogens (tertiary/aromatic N) is 1. The molecule has 106 valence electrons. The van der Waals surface area contributed by atoms with E-state index in [0.717, 1.165) is 25.2 Å². The molecule has 1 aliphatic rings. The fourth-order valence-corrected chi connectivity index (χ4v) is 2.54. The second-order valence-electron chi connectivity index (χ2n) is 6.03. The second-order valence-corrected chi connectivity index (χ2v) is 6.03. The quantitative estimate of drug-likeness (QED) is 0.777. The van der Waals surface area contributed by atoms with Crippen LogP contribution in [0.3, 0.4) is 0 Å². The third-order valence-corrected chi connectivity index (χ3v) is 4.13. The molecule has 1 saturated heterocycles. The molecular formula is C15H24N2O2. The number of nitrogens with one attached hydrogen (secondary N) is 1. The maximum absolute atomic E-state index is 9.72. The Morgan fingerprint density at radius 1 is 1.26 bits per heavy atom. The number of rotatable bonds is 4. The summed E-state index contributed by atoms with van der Waals surface area (Å²) in [6.45, 7) is 6.23. The zero-order valence-corrected chi connectivity index (χ0v) is 11.8. The highest BCUT2D eigenvalue weighted by Crippen LogP contribution is 2.30. The van der Waals surface area contributed by atoms with Crippen LogP contribution in [0, 0.1) is 5.41 Å². The van der Waals surface area contributed by atoms with E-state index < -0.39 is 0 Å². The Kier molecular flexibility index (Phi) is 4.32. The summed E-state index contributed by atoms with van der Waals surface area (Å²) >= 11 is 0. The van der Waals surface area contributed by atoms with Crippen molar-refractivity contribution in [3.8, 4) is 11.5 Å². The number of phenolic OH excluding ortho intramolecular Hbond substituents is 2. The number of phenols is 2. The predicted octanol–water partition coefficient (Wildman–Crippen LogP) is 1.92. The Hall–Kier alpha value is -1.26. The largest absolute Gasteiger partial charge is 0.508 e. The number of aromatic hydroxyl groups is 2. The van der Waals surface area contributed by atoms with Gasteiger partial charge in [-0.1, -0.05) is 13.0 Å². The Labute approximate surface area is 115 Å². The summed E-state index contributed by atoms with van der Waals surface area (Å²) in [5, 5.41) is 22.4. The molecule has 4 nitrogen and oxygen atoms in total. The monoisotopic (exact) mass is 264 g/mol. The molecule has 19 heavy (non-hydrogen) atoms. The fraction of sp³-hybridized carbons (Fsp3) is 0.600. The Bertz CT molecular complexity index is 426. The summed E-state index contributed by atoms with van der Waals surface area (Å²) in [5.74, 6) is 0.254. The zero-order valence-electron chi connectivity index (χ0n) is 11.8. The Morgan fingerprint density at radius 2 is 1.95 bits per heavy atom. The van der Waals surface area contributed by atoms with Gasteiger partial charge in [-0.2, -0.15) is 0 Å². The minimum absolute atomic E-state index is 0.100. The van der Waals surface area contributed by atoms with Crippen molar-refractivity contribution >= 4 is 0 Å². The first kappa shape index (κ1) is 14.2. The van der Waals surface area contributed by atoms with Crippen molar-refractivity contribution in [2.24, 2.45) is 5.41 Å². The molecule has 0 amide bonds. The van der Waals surface area contributed by atoms with Crippen LogP contribution >= 0.6 is 0 Å². The highest BCUT2D eigenvalue weighted by Gasteiger charge is 2.28.